The minimum absolute atomic E-state index is 0.140. The van der Waals surface area contributed by atoms with Crippen molar-refractivity contribution in [3.05, 3.63) is 67.8 Å². The number of allylic oxidation sites excluding steroid dienone is 3. The number of thiophene rings is 1. The molecule has 0 saturated carbocycles. The van der Waals surface area contributed by atoms with E-state index >= 15 is 0 Å². The van der Waals surface area contributed by atoms with Gasteiger partial charge in [-0.05, 0) is 68.2 Å². The Morgan fingerprint density at radius 1 is 1.24 bits per heavy atom. The lowest BCUT2D eigenvalue weighted by molar-refractivity contribution is -0.116. The summed E-state index contributed by atoms with van der Waals surface area (Å²) in [7, 11) is 0. The smallest absolute Gasteiger partial charge is 0.254 e. The van der Waals surface area contributed by atoms with E-state index in [1.807, 2.05) is 26.0 Å². The van der Waals surface area contributed by atoms with Crippen molar-refractivity contribution < 1.29 is 9.59 Å². The number of carbonyl (C=O) groups is 2. The molecule has 4 nitrogen and oxygen atoms in total. The van der Waals surface area contributed by atoms with Crippen molar-refractivity contribution in [1.29, 1.82) is 0 Å². The molecule has 1 unspecified atom stereocenters. The molecule has 1 aliphatic heterocycles. The number of nitrogens with one attached hydrogen (secondary N) is 2. The van der Waals surface area contributed by atoms with Crippen molar-refractivity contribution >= 4 is 52.1 Å². The number of thioether (sulfide) groups is 1. The van der Waals surface area contributed by atoms with Crippen molar-refractivity contribution in [3.8, 4) is 0 Å². The average Bonchev–Trinajstić information content (AvgIpc) is 3.18. The van der Waals surface area contributed by atoms with Crippen LogP contribution >= 0.6 is 34.7 Å². The summed E-state index contributed by atoms with van der Waals surface area (Å²) in [6.07, 6.45) is 3.13. The third kappa shape index (κ3) is 4.79. The summed E-state index contributed by atoms with van der Waals surface area (Å²) >= 11 is 9.86. The Labute approximate surface area is 208 Å². The molecule has 0 bridgehead atoms. The zero-order valence-electron chi connectivity index (χ0n) is 19.4. The minimum atomic E-state index is -0.361. The number of Topliss-reactive ketones (excluding diaryl/α,β-unsaturated/α-hetero) is 1. The number of benzene rings is 1. The third-order valence-corrected chi connectivity index (χ3v) is 9.05. The normalized spacial score (nSPS) is 18.3. The molecule has 2 aliphatic rings. The number of halogens is 1. The van der Waals surface area contributed by atoms with Gasteiger partial charge in [-0.2, -0.15) is 0 Å². The summed E-state index contributed by atoms with van der Waals surface area (Å²) in [4.78, 5) is 28.2. The first-order chi connectivity index (χ1) is 15.8. The zero-order valence-corrected chi connectivity index (χ0v) is 21.8. The van der Waals surface area contributed by atoms with E-state index in [-0.39, 0.29) is 17.6 Å². The van der Waals surface area contributed by atoms with Crippen LogP contribution < -0.4 is 10.6 Å². The lowest BCUT2D eigenvalue weighted by Gasteiger charge is -2.34. The molecule has 1 atom stereocenters. The topological polar surface area (TPSA) is 58.2 Å². The van der Waals surface area contributed by atoms with E-state index in [1.54, 1.807) is 29.2 Å². The predicted molar refractivity (Wildman–Crippen MR) is 139 cm³/mol. The summed E-state index contributed by atoms with van der Waals surface area (Å²) in [6.45, 7) is 8.14. The van der Waals surface area contributed by atoms with Crippen LogP contribution in [-0.2, 0) is 16.0 Å². The Morgan fingerprint density at radius 2 is 2.03 bits per heavy atom. The second-order valence-corrected chi connectivity index (χ2v) is 11.5. The van der Waals surface area contributed by atoms with Gasteiger partial charge >= 0.3 is 0 Å². The van der Waals surface area contributed by atoms with E-state index < -0.39 is 0 Å². The highest BCUT2D eigenvalue weighted by atomic mass is 35.5. The van der Waals surface area contributed by atoms with Crippen LogP contribution in [0.4, 0.5) is 5.69 Å². The van der Waals surface area contributed by atoms with Crippen molar-refractivity contribution in [3.63, 3.8) is 0 Å². The van der Waals surface area contributed by atoms with Crippen LogP contribution in [0.2, 0.25) is 5.02 Å². The molecule has 1 amide bonds. The number of hydrogen-bond donors (Lipinski definition) is 2. The maximum absolute atomic E-state index is 13.7. The molecular weight excluding hydrogens is 472 g/mol. The fourth-order valence-corrected chi connectivity index (χ4v) is 7.08. The largest absolute Gasteiger partial charge is 0.362 e. The average molecular weight is 501 g/mol. The third-order valence-electron chi connectivity index (χ3n) is 6.16. The van der Waals surface area contributed by atoms with Crippen molar-refractivity contribution in [2.45, 2.75) is 63.5 Å². The first-order valence-corrected chi connectivity index (χ1v) is 13.6. The van der Waals surface area contributed by atoms with Gasteiger partial charge in [-0.1, -0.05) is 31.5 Å². The number of dihydropyridines is 1. The second kappa shape index (κ2) is 10.1. The summed E-state index contributed by atoms with van der Waals surface area (Å²) in [6, 6.07) is 7.72. The Balaban J connectivity index is 1.82. The van der Waals surface area contributed by atoms with Gasteiger partial charge in [-0.25, -0.2) is 0 Å². The van der Waals surface area contributed by atoms with E-state index in [2.05, 4.69) is 30.5 Å². The quantitative estimate of drug-likeness (QED) is 0.419. The number of amides is 1. The Hall–Kier alpha value is -2.02. The highest BCUT2D eigenvalue weighted by molar-refractivity contribution is 8.01. The van der Waals surface area contributed by atoms with E-state index in [9.17, 15) is 9.59 Å². The molecule has 174 valence electrons. The maximum Gasteiger partial charge on any atom is 0.254 e. The molecule has 33 heavy (non-hydrogen) atoms. The molecule has 1 aliphatic carbocycles. The fraction of sp³-hybridized carbons (Fsp3) is 0.385. The van der Waals surface area contributed by atoms with Gasteiger partial charge in [0.05, 0.1) is 4.21 Å². The molecule has 7 heteroatoms. The van der Waals surface area contributed by atoms with Crippen molar-refractivity contribution in [1.82, 2.24) is 5.32 Å². The maximum atomic E-state index is 13.7. The van der Waals surface area contributed by atoms with Crippen LogP contribution in [0, 0.1) is 6.92 Å². The highest BCUT2D eigenvalue weighted by Gasteiger charge is 2.40. The van der Waals surface area contributed by atoms with Crippen LogP contribution in [0.3, 0.4) is 0 Å². The molecule has 2 N–H and O–H groups in total. The van der Waals surface area contributed by atoms with E-state index in [0.29, 0.717) is 22.7 Å². The van der Waals surface area contributed by atoms with Gasteiger partial charge in [-0.3, -0.25) is 9.59 Å². The molecule has 0 radical (unpaired) electrons. The fourth-order valence-electron chi connectivity index (χ4n) is 4.52. The van der Waals surface area contributed by atoms with Gasteiger partial charge in [-0.15, -0.1) is 23.1 Å². The first-order valence-electron chi connectivity index (χ1n) is 11.4. The van der Waals surface area contributed by atoms with E-state index in [1.165, 1.54) is 9.09 Å². The first kappa shape index (κ1) is 24.1. The highest BCUT2D eigenvalue weighted by Crippen LogP contribution is 2.47. The number of rotatable bonds is 6. The van der Waals surface area contributed by atoms with E-state index in [0.717, 1.165) is 53.1 Å². The standard InChI is InChI=1S/C26H29ClN2O2S2/c1-5-17-13-18(26(33-17)32-6-2)23-22(15(4)28-20-8-7-9-21(30)24(20)23)25(31)29-16-11-10-14(3)19(27)12-16/h10-13,23,28H,5-9H2,1-4H3,(H,29,31). The summed E-state index contributed by atoms with van der Waals surface area (Å²) in [5.74, 6) is 0.516. The Kier molecular flexibility index (Phi) is 7.37. The number of carbonyl (C=O) groups excluding carboxylic acids is 2. The van der Waals surface area contributed by atoms with Crippen LogP contribution in [0.5, 0.6) is 0 Å². The van der Waals surface area contributed by atoms with Crippen LogP contribution in [0.25, 0.3) is 0 Å². The summed E-state index contributed by atoms with van der Waals surface area (Å²) < 4.78 is 1.20. The minimum Gasteiger partial charge on any atom is -0.362 e. The molecule has 1 aromatic heterocycles. The van der Waals surface area contributed by atoms with Crippen LogP contribution in [-0.4, -0.2) is 17.4 Å². The van der Waals surface area contributed by atoms with Gasteiger partial charge in [0.2, 0.25) is 0 Å². The number of hydrogen-bond acceptors (Lipinski definition) is 5. The predicted octanol–water partition coefficient (Wildman–Crippen LogP) is 6.99. The molecule has 2 heterocycles. The lowest BCUT2D eigenvalue weighted by Crippen LogP contribution is -2.35. The van der Waals surface area contributed by atoms with Crippen molar-refractivity contribution in [2.24, 2.45) is 0 Å². The molecular formula is C26H29ClN2O2S2. The summed E-state index contributed by atoms with van der Waals surface area (Å²) in [5, 5.41) is 7.05. The molecule has 4 rings (SSSR count). The lowest BCUT2D eigenvalue weighted by atomic mass is 9.75. The number of anilines is 1. The van der Waals surface area contributed by atoms with Crippen LogP contribution in [0.15, 0.2) is 51.0 Å². The zero-order chi connectivity index (χ0) is 23.7. The molecule has 2 aromatic rings. The molecule has 1 aromatic carbocycles. The van der Waals surface area contributed by atoms with Crippen molar-refractivity contribution in [2.75, 3.05) is 11.1 Å². The van der Waals surface area contributed by atoms with Crippen LogP contribution in [0.1, 0.15) is 62.0 Å². The molecule has 0 fully saturated rings. The van der Waals surface area contributed by atoms with Gasteiger partial charge in [0, 0.05) is 50.5 Å². The van der Waals surface area contributed by atoms with Gasteiger partial charge in [0.1, 0.15) is 0 Å². The number of ketones is 1. The Bertz CT molecular complexity index is 1180. The van der Waals surface area contributed by atoms with Gasteiger partial charge < -0.3 is 10.6 Å². The summed E-state index contributed by atoms with van der Waals surface area (Å²) in [5.41, 5.74) is 5.83. The molecule has 0 saturated heterocycles. The Morgan fingerprint density at radius 3 is 2.73 bits per heavy atom. The number of aryl methyl sites for hydroxylation is 2. The van der Waals surface area contributed by atoms with Gasteiger partial charge in [0.15, 0.2) is 5.78 Å². The monoisotopic (exact) mass is 500 g/mol. The van der Waals surface area contributed by atoms with E-state index in [4.69, 9.17) is 11.6 Å². The molecule has 0 spiro atoms. The SMILES string of the molecule is CCSc1sc(CC)cc1C1C(C(=O)Nc2ccc(C)c(Cl)c2)=C(C)NC2=C1C(=O)CCC2. The second-order valence-electron chi connectivity index (χ2n) is 8.43. The van der Waals surface area contributed by atoms with Gasteiger partial charge in [0.25, 0.3) is 5.91 Å².